The van der Waals surface area contributed by atoms with Gasteiger partial charge in [0.2, 0.25) is 5.91 Å². The van der Waals surface area contributed by atoms with Crippen LogP contribution >= 0.6 is 11.6 Å². The van der Waals surface area contributed by atoms with E-state index in [0.29, 0.717) is 31.1 Å². The number of benzene rings is 2. The number of para-hydroxylation sites is 1. The number of amides is 1. The van der Waals surface area contributed by atoms with Crippen LogP contribution in [0.2, 0.25) is 5.02 Å². The summed E-state index contributed by atoms with van der Waals surface area (Å²) in [6, 6.07) is 15.2. The molecule has 1 unspecified atom stereocenters. The monoisotopic (exact) mass is 424 g/mol. The van der Waals surface area contributed by atoms with Gasteiger partial charge in [0.25, 0.3) is 0 Å². The van der Waals surface area contributed by atoms with E-state index in [9.17, 15) is 4.79 Å². The molecule has 0 spiro atoms. The van der Waals surface area contributed by atoms with Gasteiger partial charge < -0.3 is 15.5 Å². The Kier molecular flexibility index (Phi) is 6.30. The lowest BCUT2D eigenvalue weighted by Gasteiger charge is -2.38. The van der Waals surface area contributed by atoms with Crippen LogP contribution in [0.1, 0.15) is 11.1 Å². The third-order valence-corrected chi connectivity index (χ3v) is 5.66. The number of anilines is 1. The maximum atomic E-state index is 12.8. The van der Waals surface area contributed by atoms with Crippen LogP contribution < -0.4 is 10.6 Å². The second-order valence-electron chi connectivity index (χ2n) is 7.47. The molecule has 7 nitrogen and oxygen atoms in total. The molecule has 1 aliphatic rings. The number of hydrogen-bond donors (Lipinski definition) is 1. The van der Waals surface area contributed by atoms with Crippen LogP contribution in [-0.4, -0.2) is 57.8 Å². The minimum atomic E-state index is -0.544. The summed E-state index contributed by atoms with van der Waals surface area (Å²) in [5.41, 5.74) is 9.58. The van der Waals surface area contributed by atoms with Gasteiger partial charge in [0.05, 0.1) is 12.6 Å². The smallest absolute Gasteiger partial charge is 0.239 e. The maximum absolute atomic E-state index is 12.8. The molecule has 1 amide bonds. The minimum Gasteiger partial charge on any atom is -0.368 e. The van der Waals surface area contributed by atoms with Crippen molar-refractivity contribution in [1.82, 2.24) is 19.7 Å². The summed E-state index contributed by atoms with van der Waals surface area (Å²) in [5.74, 6) is 0.000464. The molecule has 0 aliphatic carbocycles. The molecule has 4 rings (SSSR count). The first kappa shape index (κ1) is 20.4. The molecule has 1 atom stereocenters. The van der Waals surface area contributed by atoms with E-state index >= 15 is 0 Å². The molecular weight excluding hydrogens is 400 g/mol. The van der Waals surface area contributed by atoms with Gasteiger partial charge in [0.1, 0.15) is 12.7 Å². The van der Waals surface area contributed by atoms with Crippen molar-refractivity contribution in [3.8, 4) is 0 Å². The van der Waals surface area contributed by atoms with Crippen molar-refractivity contribution in [2.75, 3.05) is 31.1 Å². The largest absolute Gasteiger partial charge is 0.368 e. The molecule has 30 heavy (non-hydrogen) atoms. The molecule has 1 aromatic heterocycles. The van der Waals surface area contributed by atoms with Gasteiger partial charge in [-0.05, 0) is 35.7 Å². The van der Waals surface area contributed by atoms with Crippen molar-refractivity contribution in [2.24, 2.45) is 5.73 Å². The van der Waals surface area contributed by atoms with Crippen molar-refractivity contribution >= 4 is 23.2 Å². The van der Waals surface area contributed by atoms with E-state index in [1.54, 1.807) is 12.7 Å². The van der Waals surface area contributed by atoms with Gasteiger partial charge in [-0.15, -0.1) is 0 Å². The summed E-state index contributed by atoms with van der Waals surface area (Å²) in [7, 11) is 0. The first-order chi connectivity index (χ1) is 14.6. The summed E-state index contributed by atoms with van der Waals surface area (Å²) >= 11 is 5.93. The molecule has 156 valence electrons. The van der Waals surface area contributed by atoms with Crippen molar-refractivity contribution in [3.05, 3.63) is 77.3 Å². The van der Waals surface area contributed by atoms with Gasteiger partial charge in [-0.25, -0.2) is 9.67 Å². The first-order valence-corrected chi connectivity index (χ1v) is 10.4. The second-order valence-corrected chi connectivity index (χ2v) is 7.91. The van der Waals surface area contributed by atoms with Gasteiger partial charge in [0.15, 0.2) is 0 Å². The van der Waals surface area contributed by atoms with Gasteiger partial charge in [0, 0.05) is 36.9 Å². The number of aromatic nitrogens is 3. The van der Waals surface area contributed by atoms with E-state index in [0.717, 1.165) is 18.7 Å². The minimum absolute atomic E-state index is 0.000464. The molecule has 2 aromatic carbocycles. The van der Waals surface area contributed by atoms with Crippen LogP contribution in [-0.2, 0) is 17.8 Å². The number of nitrogens with zero attached hydrogens (tertiary/aromatic N) is 5. The first-order valence-electron chi connectivity index (χ1n) is 10.0. The molecule has 0 radical (unpaired) electrons. The standard InChI is InChI=1S/C22H25ClN6O/c23-19-7-5-17(6-8-19)13-20(24)22(30)28-11-9-27(10-12-28)21-4-2-1-3-18(21)14-29-16-25-15-26-29/h1-8,15-16,20H,9-14,24H2. The predicted octanol–water partition coefficient (Wildman–Crippen LogP) is 2.20. The van der Waals surface area contributed by atoms with Crippen LogP contribution in [0.25, 0.3) is 0 Å². The normalized spacial score (nSPS) is 15.3. The molecule has 2 N–H and O–H groups in total. The Morgan fingerprint density at radius 3 is 2.50 bits per heavy atom. The highest BCUT2D eigenvalue weighted by Crippen LogP contribution is 2.23. The summed E-state index contributed by atoms with van der Waals surface area (Å²) in [6.07, 6.45) is 3.77. The Bertz CT molecular complexity index is 968. The molecule has 1 saturated heterocycles. The summed E-state index contributed by atoms with van der Waals surface area (Å²) in [4.78, 5) is 21.0. The lowest BCUT2D eigenvalue weighted by atomic mass is 10.0. The number of hydrogen-bond acceptors (Lipinski definition) is 5. The Hall–Kier alpha value is -2.90. The fourth-order valence-corrected chi connectivity index (χ4v) is 3.93. The zero-order chi connectivity index (χ0) is 20.9. The summed E-state index contributed by atoms with van der Waals surface area (Å²) in [6.45, 7) is 3.53. The van der Waals surface area contributed by atoms with Crippen LogP contribution in [0.15, 0.2) is 61.2 Å². The lowest BCUT2D eigenvalue weighted by Crippen LogP contribution is -2.53. The Labute approximate surface area is 181 Å². The number of piperazine rings is 1. The van der Waals surface area contributed by atoms with Crippen molar-refractivity contribution in [2.45, 2.75) is 19.0 Å². The van der Waals surface area contributed by atoms with Crippen LogP contribution in [0, 0.1) is 0 Å². The van der Waals surface area contributed by atoms with E-state index in [1.807, 2.05) is 46.0 Å². The number of carbonyl (C=O) groups excluding carboxylic acids is 1. The summed E-state index contributed by atoms with van der Waals surface area (Å²) in [5, 5.41) is 4.88. The Morgan fingerprint density at radius 2 is 1.80 bits per heavy atom. The number of halogens is 1. The topological polar surface area (TPSA) is 80.3 Å². The zero-order valence-corrected chi connectivity index (χ0v) is 17.4. The maximum Gasteiger partial charge on any atom is 0.239 e. The van der Waals surface area contributed by atoms with Gasteiger partial charge in [-0.3, -0.25) is 4.79 Å². The van der Waals surface area contributed by atoms with Gasteiger partial charge in [-0.2, -0.15) is 5.10 Å². The van der Waals surface area contributed by atoms with E-state index < -0.39 is 6.04 Å². The van der Waals surface area contributed by atoms with E-state index in [4.69, 9.17) is 17.3 Å². The zero-order valence-electron chi connectivity index (χ0n) is 16.7. The molecule has 3 aromatic rings. The van der Waals surface area contributed by atoms with Crippen LogP contribution in [0.3, 0.4) is 0 Å². The molecular formula is C22H25ClN6O. The summed E-state index contributed by atoms with van der Waals surface area (Å²) < 4.78 is 1.81. The highest BCUT2D eigenvalue weighted by atomic mass is 35.5. The quantitative estimate of drug-likeness (QED) is 0.656. The highest BCUT2D eigenvalue weighted by Gasteiger charge is 2.26. The SMILES string of the molecule is NC(Cc1ccc(Cl)cc1)C(=O)N1CCN(c2ccccc2Cn2cncn2)CC1. The van der Waals surface area contributed by atoms with Crippen LogP contribution in [0.5, 0.6) is 0 Å². The fourth-order valence-electron chi connectivity index (χ4n) is 3.81. The molecule has 1 aliphatic heterocycles. The molecule has 0 bridgehead atoms. The number of nitrogens with two attached hydrogens (primary N) is 1. The third kappa shape index (κ3) is 4.80. The van der Waals surface area contributed by atoms with Crippen molar-refractivity contribution in [3.63, 3.8) is 0 Å². The van der Waals surface area contributed by atoms with E-state index in [-0.39, 0.29) is 5.91 Å². The fraction of sp³-hybridized carbons (Fsp3) is 0.318. The molecule has 1 fully saturated rings. The number of rotatable bonds is 6. The third-order valence-electron chi connectivity index (χ3n) is 5.41. The highest BCUT2D eigenvalue weighted by molar-refractivity contribution is 6.30. The average Bonchev–Trinajstić information content (AvgIpc) is 3.28. The van der Waals surface area contributed by atoms with Crippen LogP contribution in [0.4, 0.5) is 5.69 Å². The van der Waals surface area contributed by atoms with Crippen molar-refractivity contribution in [1.29, 1.82) is 0 Å². The predicted molar refractivity (Wildman–Crippen MR) is 117 cm³/mol. The Morgan fingerprint density at radius 1 is 1.07 bits per heavy atom. The van der Waals surface area contributed by atoms with E-state index in [2.05, 4.69) is 27.1 Å². The average molecular weight is 425 g/mol. The van der Waals surface area contributed by atoms with E-state index in [1.165, 1.54) is 11.3 Å². The van der Waals surface area contributed by atoms with Crippen molar-refractivity contribution < 1.29 is 4.79 Å². The lowest BCUT2D eigenvalue weighted by molar-refractivity contribution is -0.132. The second kappa shape index (κ2) is 9.28. The van der Waals surface area contributed by atoms with Gasteiger partial charge >= 0.3 is 0 Å². The molecule has 0 saturated carbocycles. The molecule has 2 heterocycles. The number of carbonyl (C=O) groups is 1. The van der Waals surface area contributed by atoms with Gasteiger partial charge in [-0.1, -0.05) is 41.9 Å². The Balaban J connectivity index is 1.36. The molecule has 8 heteroatoms.